The Labute approximate surface area is 141 Å². The Morgan fingerprint density at radius 2 is 2.29 bits per heavy atom. The van der Waals surface area contributed by atoms with Crippen molar-refractivity contribution in [3.8, 4) is 0 Å². The number of anilines is 1. The van der Waals surface area contributed by atoms with Crippen LogP contribution in [0.4, 0.5) is 10.5 Å². The van der Waals surface area contributed by atoms with E-state index in [1.807, 2.05) is 31.5 Å². The number of fused-ring (bicyclic) bond motifs is 1. The third kappa shape index (κ3) is 3.67. The van der Waals surface area contributed by atoms with Crippen molar-refractivity contribution >= 4 is 28.5 Å². The first kappa shape index (κ1) is 16.3. The van der Waals surface area contributed by atoms with Crippen LogP contribution in [0.25, 0.3) is 11.0 Å². The Bertz CT molecular complexity index is 753. The number of urea groups is 1. The number of hydrogen-bond acceptors (Lipinski definition) is 4. The molecule has 0 spiro atoms. The maximum atomic E-state index is 12.0. The number of carbonyl (C=O) groups is 1. The van der Waals surface area contributed by atoms with Crippen LogP contribution < -0.4 is 10.6 Å². The zero-order valence-electron chi connectivity index (χ0n) is 14.1. The summed E-state index contributed by atoms with van der Waals surface area (Å²) in [5, 5.41) is 9.63. The van der Waals surface area contributed by atoms with Gasteiger partial charge in [0.05, 0.1) is 29.6 Å². The average Bonchev–Trinajstić information content (AvgIpc) is 3.20. The van der Waals surface area contributed by atoms with Crippen molar-refractivity contribution in [1.29, 1.82) is 0 Å². The first-order valence-electron chi connectivity index (χ1n) is 8.41. The summed E-state index contributed by atoms with van der Waals surface area (Å²) >= 11 is 0. The molecular weight excluding hydrogens is 306 g/mol. The highest BCUT2D eigenvalue weighted by Gasteiger charge is 2.20. The van der Waals surface area contributed by atoms with E-state index in [-0.39, 0.29) is 12.1 Å². The van der Waals surface area contributed by atoms with Crippen LogP contribution in [0.2, 0.25) is 0 Å². The molecule has 128 valence electrons. The molecule has 1 aliphatic heterocycles. The predicted octanol–water partition coefficient (Wildman–Crippen LogP) is 3.12. The molecule has 1 aromatic carbocycles. The molecule has 0 radical (unpaired) electrons. The van der Waals surface area contributed by atoms with Crippen molar-refractivity contribution in [2.75, 3.05) is 11.9 Å². The topological polar surface area (TPSA) is 80.5 Å². The predicted molar refractivity (Wildman–Crippen MR) is 94.3 cm³/mol. The van der Waals surface area contributed by atoms with Crippen molar-refractivity contribution in [3.63, 3.8) is 0 Å². The Hall–Kier alpha value is -2.57. The van der Waals surface area contributed by atoms with Gasteiger partial charge in [0, 0.05) is 18.7 Å². The summed E-state index contributed by atoms with van der Waals surface area (Å²) in [5.74, 6) is 0. The molecule has 0 unspecified atom stereocenters. The number of hydrogen-bond donors (Lipinski definition) is 2. The van der Waals surface area contributed by atoms with E-state index >= 15 is 0 Å². The summed E-state index contributed by atoms with van der Waals surface area (Å²) in [6, 6.07) is 5.50. The third-order valence-corrected chi connectivity index (χ3v) is 4.04. The van der Waals surface area contributed by atoms with E-state index in [0.717, 1.165) is 48.2 Å². The molecule has 0 aliphatic carbocycles. The summed E-state index contributed by atoms with van der Waals surface area (Å²) in [5.41, 5.74) is 3.71. The molecule has 2 heterocycles. The van der Waals surface area contributed by atoms with Gasteiger partial charge in [0.25, 0.3) is 0 Å². The van der Waals surface area contributed by atoms with E-state index < -0.39 is 0 Å². The minimum Gasteiger partial charge on any atom is -0.390 e. The smallest absolute Gasteiger partial charge is 0.319 e. The summed E-state index contributed by atoms with van der Waals surface area (Å²) in [6.45, 7) is 5.55. The van der Waals surface area contributed by atoms with Crippen molar-refractivity contribution in [2.24, 2.45) is 5.16 Å². The minimum absolute atomic E-state index is 0.0714. The number of carbonyl (C=O) groups excluding carboxylic acids is 1. The quantitative estimate of drug-likeness (QED) is 0.854. The summed E-state index contributed by atoms with van der Waals surface area (Å²) in [6.07, 6.45) is 4.48. The highest BCUT2D eigenvalue weighted by molar-refractivity contribution is 5.92. The lowest BCUT2D eigenvalue weighted by Crippen LogP contribution is -2.35. The molecule has 7 heteroatoms. The number of aromatic nitrogens is 2. The van der Waals surface area contributed by atoms with Gasteiger partial charge in [0.1, 0.15) is 6.10 Å². The molecule has 2 amide bonds. The largest absolute Gasteiger partial charge is 0.390 e. The molecule has 1 atom stereocenters. The number of benzene rings is 1. The van der Waals surface area contributed by atoms with Gasteiger partial charge >= 0.3 is 6.03 Å². The van der Waals surface area contributed by atoms with E-state index in [4.69, 9.17) is 4.84 Å². The molecule has 2 aromatic rings. The van der Waals surface area contributed by atoms with Crippen LogP contribution in [0.15, 0.2) is 29.7 Å². The van der Waals surface area contributed by atoms with Gasteiger partial charge in [-0.25, -0.2) is 9.78 Å². The summed E-state index contributed by atoms with van der Waals surface area (Å²) in [4.78, 5) is 21.7. The Morgan fingerprint density at radius 3 is 3.04 bits per heavy atom. The number of nitrogens with one attached hydrogen (secondary N) is 2. The molecular formula is C17H23N5O2. The Kier molecular flexibility index (Phi) is 4.98. The number of nitrogens with zero attached hydrogens (tertiary/aromatic N) is 3. The molecule has 1 aliphatic rings. The molecule has 0 saturated heterocycles. The van der Waals surface area contributed by atoms with Crippen LogP contribution in [0.3, 0.4) is 0 Å². The first-order valence-corrected chi connectivity index (χ1v) is 8.41. The fraction of sp³-hybridized carbons (Fsp3) is 0.471. The van der Waals surface area contributed by atoms with Gasteiger partial charge in [0.15, 0.2) is 0 Å². The van der Waals surface area contributed by atoms with Gasteiger partial charge in [-0.2, -0.15) is 0 Å². The highest BCUT2D eigenvalue weighted by atomic mass is 16.6. The van der Waals surface area contributed by atoms with Crippen molar-refractivity contribution < 1.29 is 9.63 Å². The van der Waals surface area contributed by atoms with Gasteiger partial charge in [-0.15, -0.1) is 0 Å². The first-order chi connectivity index (χ1) is 11.7. The monoisotopic (exact) mass is 329 g/mol. The number of rotatable bonds is 6. The lowest BCUT2D eigenvalue weighted by molar-refractivity contribution is 0.0870. The van der Waals surface area contributed by atoms with Crippen LogP contribution in [0.5, 0.6) is 0 Å². The van der Waals surface area contributed by atoms with Crippen molar-refractivity contribution in [1.82, 2.24) is 14.9 Å². The maximum Gasteiger partial charge on any atom is 0.319 e. The van der Waals surface area contributed by atoms with Crippen molar-refractivity contribution in [3.05, 3.63) is 24.5 Å². The number of oxime groups is 1. The fourth-order valence-corrected chi connectivity index (χ4v) is 2.75. The fourth-order valence-electron chi connectivity index (χ4n) is 2.75. The standard InChI is InChI=1S/C17H23N5O2/c1-3-7-22-11-19-15-9-13(5-6-16(15)22)20-17(23)18-10-14-8-12(4-2)21-24-14/h5-6,9,11,14H,3-4,7-8,10H2,1-2H3,(H2,18,20,23)/t14-/m0/s1. The zero-order chi connectivity index (χ0) is 16.9. The highest BCUT2D eigenvalue weighted by Crippen LogP contribution is 2.18. The van der Waals surface area contributed by atoms with Gasteiger partial charge in [-0.3, -0.25) is 0 Å². The molecule has 24 heavy (non-hydrogen) atoms. The van der Waals surface area contributed by atoms with Crippen molar-refractivity contribution in [2.45, 2.75) is 45.8 Å². The summed E-state index contributed by atoms with van der Waals surface area (Å²) in [7, 11) is 0. The number of aryl methyl sites for hydroxylation is 1. The zero-order valence-corrected chi connectivity index (χ0v) is 14.1. The molecule has 3 rings (SSSR count). The maximum absolute atomic E-state index is 12.0. The number of imidazole rings is 1. The molecule has 2 N–H and O–H groups in total. The molecule has 1 aromatic heterocycles. The van der Waals surface area contributed by atoms with E-state index in [1.54, 1.807) is 0 Å². The van der Waals surface area contributed by atoms with E-state index in [9.17, 15) is 4.79 Å². The van der Waals surface area contributed by atoms with E-state index in [2.05, 4.69) is 32.3 Å². The van der Waals surface area contributed by atoms with Gasteiger partial charge in [0.2, 0.25) is 0 Å². The minimum atomic E-state index is -0.254. The van der Waals surface area contributed by atoms with E-state index in [1.165, 1.54) is 0 Å². The average molecular weight is 329 g/mol. The molecule has 0 fully saturated rings. The second kappa shape index (κ2) is 7.33. The normalized spacial score (nSPS) is 16.8. The van der Waals surface area contributed by atoms with Crippen LogP contribution in [-0.2, 0) is 11.4 Å². The summed E-state index contributed by atoms with van der Waals surface area (Å²) < 4.78 is 2.11. The molecule has 0 saturated carbocycles. The third-order valence-electron chi connectivity index (χ3n) is 4.04. The van der Waals surface area contributed by atoms with Crippen LogP contribution >= 0.6 is 0 Å². The Morgan fingerprint density at radius 1 is 1.42 bits per heavy atom. The van der Waals surface area contributed by atoms with Gasteiger partial charge < -0.3 is 20.0 Å². The van der Waals surface area contributed by atoms with E-state index in [0.29, 0.717) is 6.54 Å². The lowest BCUT2D eigenvalue weighted by atomic mass is 10.1. The Balaban J connectivity index is 1.54. The number of amides is 2. The second-order valence-corrected chi connectivity index (χ2v) is 5.92. The molecule has 7 nitrogen and oxygen atoms in total. The second-order valence-electron chi connectivity index (χ2n) is 5.92. The van der Waals surface area contributed by atoms with Gasteiger partial charge in [-0.1, -0.05) is 19.0 Å². The lowest BCUT2D eigenvalue weighted by Gasteiger charge is -2.11. The van der Waals surface area contributed by atoms with Crippen LogP contribution in [0.1, 0.15) is 33.1 Å². The van der Waals surface area contributed by atoms with Crippen LogP contribution in [-0.4, -0.2) is 33.9 Å². The SMILES string of the molecule is CCCn1cnc2cc(NC(=O)NC[C@@H]3CC(CC)=NO3)ccc21. The molecule has 0 bridgehead atoms. The van der Waals surface area contributed by atoms with Crippen LogP contribution in [0, 0.1) is 0 Å². The van der Waals surface area contributed by atoms with Gasteiger partial charge in [-0.05, 0) is 31.0 Å².